The summed E-state index contributed by atoms with van der Waals surface area (Å²) in [6.45, 7) is 7.94. The van der Waals surface area contributed by atoms with Crippen LogP contribution in [0.3, 0.4) is 0 Å². The molecule has 0 spiro atoms. The van der Waals surface area contributed by atoms with Gasteiger partial charge in [0.05, 0.1) is 0 Å². The van der Waals surface area contributed by atoms with Crippen LogP contribution in [0.15, 0.2) is 18.5 Å². The Morgan fingerprint density at radius 1 is 1.45 bits per heavy atom. The lowest BCUT2D eigenvalue weighted by molar-refractivity contribution is -0.121. The van der Waals surface area contributed by atoms with Crippen molar-refractivity contribution in [3.8, 4) is 0 Å². The number of nitrogens with zero attached hydrogens (tertiary/aromatic N) is 1. The Balaban J connectivity index is 2.23. The molecule has 0 aliphatic rings. The Morgan fingerprint density at radius 2 is 2.25 bits per heavy atom. The van der Waals surface area contributed by atoms with Crippen LogP contribution in [-0.2, 0) is 22.6 Å². The van der Waals surface area contributed by atoms with Gasteiger partial charge in [-0.05, 0) is 30.5 Å². The van der Waals surface area contributed by atoms with E-state index in [-0.39, 0.29) is 5.91 Å². The molecule has 0 atom stereocenters. The molecule has 5 nitrogen and oxygen atoms in total. The van der Waals surface area contributed by atoms with E-state index in [9.17, 15) is 4.79 Å². The molecule has 0 radical (unpaired) electrons. The van der Waals surface area contributed by atoms with Gasteiger partial charge in [-0.1, -0.05) is 13.8 Å². The monoisotopic (exact) mass is 281 g/mol. The summed E-state index contributed by atoms with van der Waals surface area (Å²) in [5.41, 5.74) is 1.21. The summed E-state index contributed by atoms with van der Waals surface area (Å²) in [6.07, 6.45) is 4.81. The molecule has 1 aromatic heterocycles. The first-order valence-electron chi connectivity index (χ1n) is 7.23. The maximum absolute atomic E-state index is 11.7. The summed E-state index contributed by atoms with van der Waals surface area (Å²) in [5, 5.41) is 6.27. The normalized spacial score (nSPS) is 11.0. The number of hydrogen-bond donors (Lipinski definition) is 2. The molecule has 1 amide bonds. The number of hydrogen-bond acceptors (Lipinski definition) is 3. The van der Waals surface area contributed by atoms with E-state index in [2.05, 4.69) is 24.5 Å². The Bertz CT molecular complexity index is 388. The van der Waals surface area contributed by atoms with Crippen LogP contribution >= 0.6 is 0 Å². The van der Waals surface area contributed by atoms with E-state index >= 15 is 0 Å². The highest BCUT2D eigenvalue weighted by Crippen LogP contribution is 2.01. The summed E-state index contributed by atoms with van der Waals surface area (Å²) in [6, 6.07) is 2.05. The van der Waals surface area contributed by atoms with Gasteiger partial charge in [0, 0.05) is 39.2 Å². The minimum atomic E-state index is 0.0402. The molecule has 5 heteroatoms. The summed E-state index contributed by atoms with van der Waals surface area (Å²) < 4.78 is 6.85. The third-order valence-electron chi connectivity index (χ3n) is 2.87. The fourth-order valence-corrected chi connectivity index (χ4v) is 1.86. The average molecular weight is 281 g/mol. The number of carbonyl (C=O) groups is 1. The highest BCUT2D eigenvalue weighted by Gasteiger charge is 2.03. The van der Waals surface area contributed by atoms with Crippen LogP contribution < -0.4 is 10.6 Å². The van der Waals surface area contributed by atoms with Crippen LogP contribution in [0.4, 0.5) is 0 Å². The molecule has 0 fully saturated rings. The van der Waals surface area contributed by atoms with Crippen molar-refractivity contribution in [1.82, 2.24) is 15.2 Å². The molecule has 1 aromatic rings. The zero-order chi connectivity index (χ0) is 14.8. The molecule has 0 aliphatic carbocycles. The van der Waals surface area contributed by atoms with Crippen molar-refractivity contribution in [3.63, 3.8) is 0 Å². The van der Waals surface area contributed by atoms with Crippen molar-refractivity contribution in [2.75, 3.05) is 26.8 Å². The van der Waals surface area contributed by atoms with Crippen LogP contribution in [-0.4, -0.2) is 37.3 Å². The van der Waals surface area contributed by atoms with Crippen LogP contribution in [0, 0.1) is 5.92 Å². The minimum Gasteiger partial charge on any atom is -0.385 e. The molecule has 0 bridgehead atoms. The van der Waals surface area contributed by atoms with Gasteiger partial charge >= 0.3 is 0 Å². The zero-order valence-electron chi connectivity index (χ0n) is 12.8. The second kappa shape index (κ2) is 9.55. The number of nitrogens with one attached hydrogen (secondary N) is 2. The van der Waals surface area contributed by atoms with E-state index in [1.54, 1.807) is 7.11 Å². The molecule has 20 heavy (non-hydrogen) atoms. The molecule has 0 aromatic carbocycles. The smallest absolute Gasteiger partial charge is 0.239 e. The molecule has 1 rings (SSSR count). The first-order valence-corrected chi connectivity index (χ1v) is 7.23. The minimum absolute atomic E-state index is 0.0402. The van der Waals surface area contributed by atoms with Gasteiger partial charge in [-0.3, -0.25) is 4.79 Å². The second-order valence-corrected chi connectivity index (χ2v) is 5.41. The second-order valence-electron chi connectivity index (χ2n) is 5.41. The van der Waals surface area contributed by atoms with Gasteiger partial charge < -0.3 is 19.9 Å². The number of carbonyl (C=O) groups excluding carboxylic acids is 1. The lowest BCUT2D eigenvalue weighted by Crippen LogP contribution is -2.28. The molecule has 114 valence electrons. The van der Waals surface area contributed by atoms with Crippen LogP contribution in [0.25, 0.3) is 0 Å². The maximum atomic E-state index is 11.7. The van der Waals surface area contributed by atoms with E-state index in [1.165, 1.54) is 5.56 Å². The number of rotatable bonds is 10. The summed E-state index contributed by atoms with van der Waals surface area (Å²) >= 11 is 0. The third kappa shape index (κ3) is 7.31. The standard InChI is InChI=1S/C15H27N3O2/c1-13(2)9-16-10-14-5-7-18(11-14)12-15(19)17-6-4-8-20-3/h5,7,11,13,16H,4,6,8-10,12H2,1-3H3,(H,17,19). The van der Waals surface area contributed by atoms with Crippen LogP contribution in [0.2, 0.25) is 0 Å². The molecule has 0 unspecified atom stereocenters. The summed E-state index contributed by atoms with van der Waals surface area (Å²) in [7, 11) is 1.66. The van der Waals surface area contributed by atoms with Crippen LogP contribution in [0.1, 0.15) is 25.8 Å². The highest BCUT2D eigenvalue weighted by atomic mass is 16.5. The predicted molar refractivity (Wildman–Crippen MR) is 80.5 cm³/mol. The molecule has 2 N–H and O–H groups in total. The van der Waals surface area contributed by atoms with Crippen molar-refractivity contribution in [3.05, 3.63) is 24.0 Å². The lowest BCUT2D eigenvalue weighted by Gasteiger charge is -2.06. The van der Waals surface area contributed by atoms with Gasteiger partial charge in [0.15, 0.2) is 0 Å². The fourth-order valence-electron chi connectivity index (χ4n) is 1.86. The summed E-state index contributed by atoms with van der Waals surface area (Å²) in [5.74, 6) is 0.688. The largest absolute Gasteiger partial charge is 0.385 e. The van der Waals surface area contributed by atoms with E-state index < -0.39 is 0 Å². The average Bonchev–Trinajstić information content (AvgIpc) is 2.82. The Hall–Kier alpha value is -1.33. The fraction of sp³-hybridized carbons (Fsp3) is 0.667. The predicted octanol–water partition coefficient (Wildman–Crippen LogP) is 1.39. The Morgan fingerprint density at radius 3 is 2.95 bits per heavy atom. The van der Waals surface area contributed by atoms with E-state index in [0.29, 0.717) is 25.6 Å². The van der Waals surface area contributed by atoms with E-state index in [1.807, 2.05) is 23.0 Å². The first kappa shape index (κ1) is 16.7. The quantitative estimate of drug-likeness (QED) is 0.637. The summed E-state index contributed by atoms with van der Waals surface area (Å²) in [4.78, 5) is 11.7. The number of methoxy groups -OCH3 is 1. The van der Waals surface area contributed by atoms with Crippen molar-refractivity contribution in [2.45, 2.75) is 33.4 Å². The van der Waals surface area contributed by atoms with Crippen molar-refractivity contribution in [1.29, 1.82) is 0 Å². The molecule has 0 saturated heterocycles. The van der Waals surface area contributed by atoms with E-state index in [4.69, 9.17) is 4.74 Å². The topological polar surface area (TPSA) is 55.3 Å². The van der Waals surface area contributed by atoms with Gasteiger partial charge in [0.25, 0.3) is 0 Å². The van der Waals surface area contributed by atoms with E-state index in [0.717, 1.165) is 19.5 Å². The van der Waals surface area contributed by atoms with Crippen molar-refractivity contribution in [2.24, 2.45) is 5.92 Å². The SMILES string of the molecule is COCCCNC(=O)Cn1ccc(CNCC(C)C)c1. The number of ether oxygens (including phenoxy) is 1. The first-order chi connectivity index (χ1) is 9.61. The number of aromatic nitrogens is 1. The van der Waals surface area contributed by atoms with Crippen LogP contribution in [0.5, 0.6) is 0 Å². The zero-order valence-corrected chi connectivity index (χ0v) is 12.8. The van der Waals surface area contributed by atoms with Crippen molar-refractivity contribution >= 4 is 5.91 Å². The molecule has 0 aliphatic heterocycles. The van der Waals surface area contributed by atoms with Gasteiger partial charge in [0.1, 0.15) is 6.54 Å². The molecule has 0 saturated carbocycles. The van der Waals surface area contributed by atoms with Gasteiger partial charge in [-0.2, -0.15) is 0 Å². The Kier molecular flexibility index (Phi) is 7.99. The number of amides is 1. The molecular formula is C15H27N3O2. The molecule has 1 heterocycles. The highest BCUT2D eigenvalue weighted by molar-refractivity contribution is 5.75. The van der Waals surface area contributed by atoms with Crippen molar-refractivity contribution < 1.29 is 9.53 Å². The maximum Gasteiger partial charge on any atom is 0.239 e. The van der Waals surface area contributed by atoms with Gasteiger partial charge in [0.2, 0.25) is 5.91 Å². The van der Waals surface area contributed by atoms with Gasteiger partial charge in [-0.25, -0.2) is 0 Å². The lowest BCUT2D eigenvalue weighted by atomic mass is 10.2. The molecular weight excluding hydrogens is 254 g/mol. The third-order valence-corrected chi connectivity index (χ3v) is 2.87. The Labute approximate surface area is 121 Å². The van der Waals surface area contributed by atoms with Gasteiger partial charge in [-0.15, -0.1) is 0 Å².